The lowest BCUT2D eigenvalue weighted by Gasteiger charge is -2.24. The predicted octanol–water partition coefficient (Wildman–Crippen LogP) is 4.80. The molecule has 1 saturated carbocycles. The van der Waals surface area contributed by atoms with E-state index in [1.807, 2.05) is 24.3 Å². The van der Waals surface area contributed by atoms with Gasteiger partial charge < -0.3 is 0 Å². The Kier molecular flexibility index (Phi) is 5.02. The summed E-state index contributed by atoms with van der Waals surface area (Å²) >= 11 is 1.39. The number of pyridine rings is 1. The molecule has 1 aromatic heterocycles. The quantitative estimate of drug-likeness (QED) is 0.718. The maximum absolute atomic E-state index is 13.3. The first-order valence-electron chi connectivity index (χ1n) is 8.25. The van der Waals surface area contributed by atoms with E-state index in [0.717, 1.165) is 24.3 Å². The van der Waals surface area contributed by atoms with E-state index in [4.69, 9.17) is 0 Å². The highest BCUT2D eigenvalue weighted by Gasteiger charge is 2.42. The minimum absolute atomic E-state index is 0.150. The Labute approximate surface area is 148 Å². The highest BCUT2D eigenvalue weighted by atomic mass is 32.3. The molecule has 0 radical (unpaired) electrons. The van der Waals surface area contributed by atoms with Crippen molar-refractivity contribution in [2.75, 3.05) is 0 Å². The summed E-state index contributed by atoms with van der Waals surface area (Å²) in [7, 11) is -3.41. The van der Waals surface area contributed by atoms with Crippen LogP contribution in [0.2, 0.25) is 0 Å². The molecule has 0 saturated heterocycles. The largest absolute Gasteiger partial charge is 0.250 e. The second-order valence-electron chi connectivity index (χ2n) is 7.18. The number of benzene rings is 1. The summed E-state index contributed by atoms with van der Waals surface area (Å²) < 4.78 is 26.1. The first-order chi connectivity index (χ1) is 11.4. The molecule has 0 aliphatic heterocycles. The molecule has 1 aliphatic rings. The molecule has 1 aromatic carbocycles. The van der Waals surface area contributed by atoms with Gasteiger partial charge in [0.1, 0.15) is 4.58 Å². The van der Waals surface area contributed by atoms with Gasteiger partial charge in [-0.25, -0.2) is 13.4 Å². The Balaban J connectivity index is 1.96. The molecule has 0 amide bonds. The zero-order valence-electron chi connectivity index (χ0n) is 14.1. The molecule has 2 atom stereocenters. The van der Waals surface area contributed by atoms with Crippen molar-refractivity contribution in [2.45, 2.75) is 47.6 Å². The SMILES string of the molecule is CC1(C)CCC(C(Sc2ccccn2)S(=O)(=O)c2ccccc2)C1. The summed E-state index contributed by atoms with van der Waals surface area (Å²) in [6.07, 6.45) is 4.67. The average Bonchev–Trinajstić information content (AvgIpc) is 2.94. The Hall–Kier alpha value is -1.33. The number of nitrogens with zero attached hydrogens (tertiary/aromatic N) is 1. The van der Waals surface area contributed by atoms with Gasteiger partial charge in [0.2, 0.25) is 0 Å². The van der Waals surface area contributed by atoms with Gasteiger partial charge in [-0.3, -0.25) is 0 Å². The molecule has 1 aliphatic carbocycles. The lowest BCUT2D eigenvalue weighted by molar-refractivity contribution is 0.364. The van der Waals surface area contributed by atoms with Gasteiger partial charge >= 0.3 is 0 Å². The zero-order chi connectivity index (χ0) is 17.2. The monoisotopic (exact) mass is 361 g/mol. The van der Waals surface area contributed by atoms with E-state index in [2.05, 4.69) is 18.8 Å². The highest BCUT2D eigenvalue weighted by molar-refractivity contribution is 8.13. The number of thioether (sulfide) groups is 1. The minimum Gasteiger partial charge on any atom is -0.250 e. The van der Waals surface area contributed by atoms with Gasteiger partial charge in [0.25, 0.3) is 0 Å². The maximum Gasteiger partial charge on any atom is 0.191 e. The van der Waals surface area contributed by atoms with Gasteiger partial charge in [0.15, 0.2) is 9.84 Å². The van der Waals surface area contributed by atoms with E-state index in [1.54, 1.807) is 30.5 Å². The summed E-state index contributed by atoms with van der Waals surface area (Å²) in [5.74, 6) is 0.150. The van der Waals surface area contributed by atoms with Crippen LogP contribution in [0.25, 0.3) is 0 Å². The number of sulfone groups is 1. The topological polar surface area (TPSA) is 47.0 Å². The molecule has 128 valence electrons. The van der Waals surface area contributed by atoms with Crippen LogP contribution in [0.3, 0.4) is 0 Å². The molecule has 2 aromatic rings. The van der Waals surface area contributed by atoms with Crippen molar-refractivity contribution in [3.63, 3.8) is 0 Å². The Morgan fingerprint density at radius 1 is 1.12 bits per heavy atom. The average molecular weight is 362 g/mol. The first-order valence-corrected chi connectivity index (χ1v) is 10.7. The van der Waals surface area contributed by atoms with Crippen molar-refractivity contribution in [2.24, 2.45) is 11.3 Å². The van der Waals surface area contributed by atoms with Crippen LogP contribution in [0, 0.1) is 11.3 Å². The summed E-state index contributed by atoms with van der Waals surface area (Å²) in [6.45, 7) is 4.45. The smallest absolute Gasteiger partial charge is 0.191 e. The molecule has 3 rings (SSSR count). The fourth-order valence-electron chi connectivity index (χ4n) is 3.42. The fraction of sp³-hybridized carbons (Fsp3) is 0.421. The van der Waals surface area contributed by atoms with Crippen molar-refractivity contribution < 1.29 is 8.42 Å². The molecule has 0 spiro atoms. The van der Waals surface area contributed by atoms with Crippen molar-refractivity contribution in [3.8, 4) is 0 Å². The number of hydrogen-bond acceptors (Lipinski definition) is 4. The van der Waals surface area contributed by atoms with Crippen molar-refractivity contribution in [1.82, 2.24) is 4.98 Å². The molecule has 3 nitrogen and oxygen atoms in total. The van der Waals surface area contributed by atoms with Crippen molar-refractivity contribution >= 4 is 21.6 Å². The molecule has 24 heavy (non-hydrogen) atoms. The van der Waals surface area contributed by atoms with E-state index in [9.17, 15) is 8.42 Å². The van der Waals surface area contributed by atoms with Crippen LogP contribution in [-0.4, -0.2) is 18.0 Å². The van der Waals surface area contributed by atoms with Crippen LogP contribution >= 0.6 is 11.8 Å². The predicted molar refractivity (Wildman–Crippen MR) is 98.6 cm³/mol. The van der Waals surface area contributed by atoms with Crippen LogP contribution in [0.1, 0.15) is 33.1 Å². The van der Waals surface area contributed by atoms with Gasteiger partial charge in [-0.2, -0.15) is 0 Å². The van der Waals surface area contributed by atoms with E-state index in [1.165, 1.54) is 11.8 Å². The highest BCUT2D eigenvalue weighted by Crippen LogP contribution is 2.48. The first kappa shape index (κ1) is 17.5. The van der Waals surface area contributed by atoms with E-state index in [-0.39, 0.29) is 11.3 Å². The molecule has 2 unspecified atom stereocenters. The molecule has 1 fully saturated rings. The molecular weight excluding hydrogens is 338 g/mol. The Bertz CT molecular complexity index is 774. The lowest BCUT2D eigenvalue weighted by Crippen LogP contribution is -2.26. The number of aromatic nitrogens is 1. The Morgan fingerprint density at radius 3 is 2.42 bits per heavy atom. The van der Waals surface area contributed by atoms with Crippen LogP contribution in [0.4, 0.5) is 0 Å². The molecular formula is C19H23NO2S2. The molecule has 1 heterocycles. The van der Waals surface area contributed by atoms with Gasteiger partial charge in [0, 0.05) is 6.20 Å². The maximum atomic E-state index is 13.3. The summed E-state index contributed by atoms with van der Waals surface area (Å²) in [5.41, 5.74) is 0.208. The van der Waals surface area contributed by atoms with E-state index < -0.39 is 14.4 Å². The molecule has 5 heteroatoms. The van der Waals surface area contributed by atoms with Crippen LogP contribution in [0.5, 0.6) is 0 Å². The number of hydrogen-bond donors (Lipinski definition) is 0. The third kappa shape index (κ3) is 3.83. The molecule has 0 bridgehead atoms. The summed E-state index contributed by atoms with van der Waals surface area (Å²) in [5, 5.41) is 0.770. The van der Waals surface area contributed by atoms with Crippen LogP contribution < -0.4 is 0 Å². The van der Waals surface area contributed by atoms with Gasteiger partial charge in [-0.1, -0.05) is 49.9 Å². The summed E-state index contributed by atoms with van der Waals surface area (Å²) in [6, 6.07) is 14.4. The van der Waals surface area contributed by atoms with Gasteiger partial charge in [-0.15, -0.1) is 0 Å². The van der Waals surface area contributed by atoms with Crippen molar-refractivity contribution in [1.29, 1.82) is 0 Å². The van der Waals surface area contributed by atoms with Gasteiger partial charge in [-0.05, 0) is 54.9 Å². The fourth-order valence-corrected chi connectivity index (χ4v) is 7.04. The van der Waals surface area contributed by atoms with E-state index in [0.29, 0.717) is 4.90 Å². The van der Waals surface area contributed by atoms with Crippen LogP contribution in [-0.2, 0) is 9.84 Å². The standard InChI is InChI=1S/C19H23NO2S2/c1-19(2)12-11-15(14-19)18(23-17-10-6-7-13-20-17)24(21,22)16-8-4-3-5-9-16/h3-10,13,15,18H,11-12,14H2,1-2H3. The van der Waals surface area contributed by atoms with E-state index >= 15 is 0 Å². The summed E-state index contributed by atoms with van der Waals surface area (Å²) in [4.78, 5) is 4.74. The third-order valence-electron chi connectivity index (χ3n) is 4.64. The normalized spacial score (nSPS) is 21.5. The second-order valence-corrected chi connectivity index (χ2v) is 10.7. The Morgan fingerprint density at radius 2 is 1.83 bits per heavy atom. The third-order valence-corrected chi connectivity index (χ3v) is 8.72. The zero-order valence-corrected chi connectivity index (χ0v) is 15.7. The lowest BCUT2D eigenvalue weighted by atomic mass is 9.91. The minimum atomic E-state index is -3.41. The van der Waals surface area contributed by atoms with Crippen LogP contribution in [0.15, 0.2) is 64.6 Å². The number of rotatable bonds is 5. The second kappa shape index (κ2) is 6.89. The van der Waals surface area contributed by atoms with Crippen molar-refractivity contribution in [3.05, 3.63) is 54.7 Å². The molecule has 0 N–H and O–H groups in total. The van der Waals surface area contributed by atoms with Gasteiger partial charge in [0.05, 0.1) is 9.92 Å².